The van der Waals surface area contributed by atoms with E-state index < -0.39 is 0 Å². The minimum atomic E-state index is -0.389. The molecule has 0 radical (unpaired) electrons. The summed E-state index contributed by atoms with van der Waals surface area (Å²) in [6.45, 7) is 3.44. The zero-order chi connectivity index (χ0) is 11.4. The fourth-order valence-electron chi connectivity index (χ4n) is 1.23. The van der Waals surface area contributed by atoms with E-state index in [9.17, 15) is 9.59 Å². The van der Waals surface area contributed by atoms with E-state index in [1.807, 2.05) is 0 Å². The maximum absolute atomic E-state index is 11.5. The van der Waals surface area contributed by atoms with Crippen LogP contribution in [-0.4, -0.2) is 17.8 Å². The Morgan fingerprint density at radius 3 is 2.47 bits per heavy atom. The molecule has 0 unspecified atom stereocenters. The molecule has 1 rings (SSSR count). The van der Waals surface area contributed by atoms with Crippen LogP contribution in [0.5, 0.6) is 0 Å². The standard InChI is InChI=1S/C11H10N2O2/c1-2-3-8(13)11-7(6-12)9(14)4-5-10(11)15/h2-6,12H,1,13H2/b8-3+,12-6?. The van der Waals surface area contributed by atoms with Crippen LogP contribution >= 0.6 is 0 Å². The van der Waals surface area contributed by atoms with E-state index in [4.69, 9.17) is 11.1 Å². The van der Waals surface area contributed by atoms with Gasteiger partial charge in [-0.3, -0.25) is 9.59 Å². The van der Waals surface area contributed by atoms with Gasteiger partial charge in [0.15, 0.2) is 11.6 Å². The Morgan fingerprint density at radius 1 is 1.33 bits per heavy atom. The van der Waals surface area contributed by atoms with Gasteiger partial charge in [0, 0.05) is 11.9 Å². The molecule has 0 amide bonds. The zero-order valence-corrected chi connectivity index (χ0v) is 7.99. The maximum Gasteiger partial charge on any atom is 0.188 e. The van der Waals surface area contributed by atoms with Crippen LogP contribution in [-0.2, 0) is 9.59 Å². The van der Waals surface area contributed by atoms with E-state index in [1.165, 1.54) is 12.2 Å². The molecule has 15 heavy (non-hydrogen) atoms. The maximum atomic E-state index is 11.5. The van der Waals surface area contributed by atoms with Crippen LogP contribution in [0.1, 0.15) is 0 Å². The fraction of sp³-hybridized carbons (Fsp3) is 0. The Bertz CT molecular complexity index is 440. The summed E-state index contributed by atoms with van der Waals surface area (Å²) in [6, 6.07) is 0. The van der Waals surface area contributed by atoms with E-state index >= 15 is 0 Å². The third-order valence-corrected chi connectivity index (χ3v) is 1.90. The zero-order valence-electron chi connectivity index (χ0n) is 7.99. The third kappa shape index (κ3) is 1.99. The number of hydrogen-bond donors (Lipinski definition) is 2. The molecular weight excluding hydrogens is 192 g/mol. The molecule has 0 bridgehead atoms. The summed E-state index contributed by atoms with van der Waals surface area (Å²) in [5.74, 6) is -0.760. The normalized spacial score (nSPS) is 16.9. The van der Waals surface area contributed by atoms with E-state index in [-0.39, 0.29) is 28.4 Å². The van der Waals surface area contributed by atoms with Crippen molar-refractivity contribution in [2.45, 2.75) is 0 Å². The van der Waals surface area contributed by atoms with Crippen molar-refractivity contribution in [2.24, 2.45) is 5.73 Å². The van der Waals surface area contributed by atoms with E-state index in [2.05, 4.69) is 6.58 Å². The van der Waals surface area contributed by atoms with E-state index in [0.717, 1.165) is 18.4 Å². The number of carbonyl (C=O) groups is 2. The first-order valence-electron chi connectivity index (χ1n) is 4.22. The van der Waals surface area contributed by atoms with Crippen molar-refractivity contribution in [1.29, 1.82) is 5.41 Å². The van der Waals surface area contributed by atoms with Gasteiger partial charge >= 0.3 is 0 Å². The number of nitrogens with two attached hydrogens (primary N) is 1. The third-order valence-electron chi connectivity index (χ3n) is 1.90. The van der Waals surface area contributed by atoms with Crippen molar-refractivity contribution in [3.63, 3.8) is 0 Å². The van der Waals surface area contributed by atoms with Crippen molar-refractivity contribution in [1.82, 2.24) is 0 Å². The van der Waals surface area contributed by atoms with Gasteiger partial charge in [-0.15, -0.1) is 0 Å². The average molecular weight is 202 g/mol. The monoisotopic (exact) mass is 202 g/mol. The summed E-state index contributed by atoms with van der Waals surface area (Å²) in [4.78, 5) is 22.8. The lowest BCUT2D eigenvalue weighted by atomic mass is 9.93. The van der Waals surface area contributed by atoms with E-state index in [0.29, 0.717) is 0 Å². The first-order chi connectivity index (χ1) is 7.11. The van der Waals surface area contributed by atoms with Gasteiger partial charge in [-0.05, 0) is 18.2 Å². The molecule has 0 heterocycles. The number of ketones is 2. The molecule has 0 fully saturated rings. The molecule has 4 nitrogen and oxygen atoms in total. The van der Waals surface area contributed by atoms with Crippen molar-refractivity contribution in [3.8, 4) is 0 Å². The van der Waals surface area contributed by atoms with Crippen LogP contribution < -0.4 is 5.73 Å². The van der Waals surface area contributed by atoms with Gasteiger partial charge in [-0.1, -0.05) is 12.7 Å². The Balaban J connectivity index is 3.36. The van der Waals surface area contributed by atoms with Gasteiger partial charge in [0.25, 0.3) is 0 Å². The second-order valence-corrected chi connectivity index (χ2v) is 2.85. The topological polar surface area (TPSA) is 84.0 Å². The number of carbonyl (C=O) groups excluding carboxylic acids is 2. The highest BCUT2D eigenvalue weighted by Gasteiger charge is 2.22. The summed E-state index contributed by atoms with van der Waals surface area (Å²) in [5, 5.41) is 7.08. The molecule has 3 N–H and O–H groups in total. The Hall–Kier alpha value is -2.23. The smallest absolute Gasteiger partial charge is 0.188 e. The van der Waals surface area contributed by atoms with Gasteiger partial charge in [0.1, 0.15) is 0 Å². The highest BCUT2D eigenvalue weighted by atomic mass is 16.1. The molecule has 76 valence electrons. The molecule has 0 aromatic heterocycles. The van der Waals surface area contributed by atoms with Gasteiger partial charge < -0.3 is 11.1 Å². The minimum Gasteiger partial charge on any atom is -0.398 e. The lowest BCUT2D eigenvalue weighted by molar-refractivity contribution is -0.114. The van der Waals surface area contributed by atoms with Crippen molar-refractivity contribution >= 4 is 17.8 Å². The molecule has 0 aliphatic heterocycles. The summed E-state index contributed by atoms with van der Waals surface area (Å²) in [6.07, 6.45) is 5.95. The molecule has 0 aromatic rings. The molecule has 0 saturated heterocycles. The SMILES string of the molecule is C=C/C=C(/N)C1=C(C=N)C(=O)C=CC1=O. The summed E-state index contributed by atoms with van der Waals surface area (Å²) < 4.78 is 0. The van der Waals surface area contributed by atoms with Crippen molar-refractivity contribution < 1.29 is 9.59 Å². The Kier molecular flexibility index (Phi) is 3.13. The number of hydrogen-bond acceptors (Lipinski definition) is 4. The summed E-state index contributed by atoms with van der Waals surface area (Å²) in [5.41, 5.74) is 5.82. The van der Waals surface area contributed by atoms with E-state index in [1.54, 1.807) is 0 Å². The molecule has 1 aliphatic carbocycles. The van der Waals surface area contributed by atoms with Crippen LogP contribution in [0.2, 0.25) is 0 Å². The first-order valence-corrected chi connectivity index (χ1v) is 4.22. The van der Waals surface area contributed by atoms with Crippen LogP contribution in [0.25, 0.3) is 0 Å². The molecule has 0 atom stereocenters. The second kappa shape index (κ2) is 4.32. The molecule has 4 heteroatoms. The van der Waals surface area contributed by atoms with Gasteiger partial charge in [0.05, 0.1) is 11.1 Å². The summed E-state index contributed by atoms with van der Waals surface area (Å²) in [7, 11) is 0. The van der Waals surface area contributed by atoms with Crippen LogP contribution in [0, 0.1) is 5.41 Å². The van der Waals surface area contributed by atoms with Gasteiger partial charge in [-0.25, -0.2) is 0 Å². The van der Waals surface area contributed by atoms with Crippen LogP contribution in [0.3, 0.4) is 0 Å². The highest BCUT2D eigenvalue weighted by Crippen LogP contribution is 2.17. The van der Waals surface area contributed by atoms with Crippen LogP contribution in [0.15, 0.2) is 47.7 Å². The van der Waals surface area contributed by atoms with Crippen molar-refractivity contribution in [2.75, 3.05) is 0 Å². The minimum absolute atomic E-state index is 0.0121. The van der Waals surface area contributed by atoms with Crippen molar-refractivity contribution in [3.05, 3.63) is 47.7 Å². The Morgan fingerprint density at radius 2 is 1.93 bits per heavy atom. The van der Waals surface area contributed by atoms with Gasteiger partial charge in [0.2, 0.25) is 0 Å². The number of allylic oxidation sites excluding steroid dienone is 6. The second-order valence-electron chi connectivity index (χ2n) is 2.85. The Labute approximate surface area is 87.0 Å². The summed E-state index contributed by atoms with van der Waals surface area (Å²) >= 11 is 0. The largest absolute Gasteiger partial charge is 0.398 e. The number of nitrogens with one attached hydrogen (secondary N) is 1. The fourth-order valence-corrected chi connectivity index (χ4v) is 1.23. The first kappa shape index (κ1) is 10.8. The van der Waals surface area contributed by atoms with Crippen LogP contribution in [0.4, 0.5) is 0 Å². The lowest BCUT2D eigenvalue weighted by Crippen LogP contribution is -2.20. The average Bonchev–Trinajstić information content (AvgIpc) is 2.21. The quantitative estimate of drug-likeness (QED) is 0.400. The van der Waals surface area contributed by atoms with Gasteiger partial charge in [-0.2, -0.15) is 0 Å². The molecular formula is C11H10N2O2. The predicted octanol–water partition coefficient (Wildman–Crippen LogP) is 0.669. The number of rotatable bonds is 3. The molecule has 1 aliphatic rings. The highest BCUT2D eigenvalue weighted by molar-refractivity contribution is 6.29. The molecule has 0 saturated carbocycles. The molecule has 0 spiro atoms. The predicted molar refractivity (Wildman–Crippen MR) is 57.4 cm³/mol. The lowest BCUT2D eigenvalue weighted by Gasteiger charge is -2.11. The molecule has 0 aromatic carbocycles.